The normalized spacial score (nSPS) is 10.3. The molecule has 160 valence electrons. The molecule has 9 heteroatoms. The molecule has 9 nitrogen and oxygen atoms in total. The van der Waals surface area contributed by atoms with E-state index in [9.17, 15) is 4.79 Å². The molecule has 0 bridgehead atoms. The van der Waals surface area contributed by atoms with E-state index in [0.29, 0.717) is 23.3 Å². The van der Waals surface area contributed by atoms with Crippen LogP contribution in [0.3, 0.4) is 0 Å². The number of carbonyl (C=O) groups excluding carboxylic acids is 1. The topological polar surface area (TPSA) is 111 Å². The number of hydrogen-bond acceptors (Lipinski definition) is 9. The van der Waals surface area contributed by atoms with Gasteiger partial charge in [0.1, 0.15) is 5.82 Å². The maximum Gasteiger partial charge on any atom is 0.318 e. The summed E-state index contributed by atoms with van der Waals surface area (Å²) in [4.78, 5) is 29.1. The Morgan fingerprint density at radius 2 is 1.87 bits per heavy atom. The lowest BCUT2D eigenvalue weighted by atomic mass is 10.0. The Morgan fingerprint density at radius 3 is 2.58 bits per heavy atom. The average molecular weight is 420 g/mol. The van der Waals surface area contributed by atoms with Crippen molar-refractivity contribution in [3.05, 3.63) is 59.9 Å². The van der Waals surface area contributed by atoms with Gasteiger partial charge >= 0.3 is 6.01 Å². The fraction of sp³-hybridized carbons (Fsp3) is 0.227. The van der Waals surface area contributed by atoms with Gasteiger partial charge in [0, 0.05) is 23.9 Å². The van der Waals surface area contributed by atoms with Crippen LogP contribution in [0.1, 0.15) is 16.7 Å². The van der Waals surface area contributed by atoms with Gasteiger partial charge in [0.15, 0.2) is 17.4 Å². The van der Waals surface area contributed by atoms with Gasteiger partial charge in [0.2, 0.25) is 5.95 Å². The molecule has 31 heavy (non-hydrogen) atoms. The van der Waals surface area contributed by atoms with Crippen molar-refractivity contribution >= 4 is 29.1 Å². The Bertz CT molecular complexity index is 1120. The molecule has 0 unspecified atom stereocenters. The SMILES string of the molecule is C=CC(=O)Cc1cc(C)ccc1Nc1nc(Nc2nc(OC)ncc2OC)ncc1C. The molecule has 0 atom stereocenters. The summed E-state index contributed by atoms with van der Waals surface area (Å²) in [5, 5.41) is 6.34. The number of aryl methyl sites for hydroxylation is 2. The summed E-state index contributed by atoms with van der Waals surface area (Å²) in [6, 6.07) is 6.05. The number of nitrogens with one attached hydrogen (secondary N) is 2. The van der Waals surface area contributed by atoms with Gasteiger partial charge in [-0.05, 0) is 31.6 Å². The van der Waals surface area contributed by atoms with Crippen molar-refractivity contribution in [1.29, 1.82) is 0 Å². The predicted molar refractivity (Wildman–Crippen MR) is 119 cm³/mol. The Balaban J connectivity index is 1.91. The molecular formula is C22H24N6O3. The Morgan fingerprint density at radius 1 is 1.06 bits per heavy atom. The third-order valence-corrected chi connectivity index (χ3v) is 4.44. The third kappa shape index (κ3) is 5.33. The van der Waals surface area contributed by atoms with Crippen LogP contribution >= 0.6 is 0 Å². The Labute approximate surface area is 180 Å². The first-order valence-corrected chi connectivity index (χ1v) is 9.51. The second-order valence-corrected chi connectivity index (χ2v) is 6.76. The van der Waals surface area contributed by atoms with Gasteiger partial charge in [0.25, 0.3) is 0 Å². The molecule has 0 aliphatic rings. The van der Waals surface area contributed by atoms with Crippen molar-refractivity contribution in [2.24, 2.45) is 0 Å². The number of methoxy groups -OCH3 is 2. The number of ketones is 1. The van der Waals surface area contributed by atoms with Gasteiger partial charge < -0.3 is 20.1 Å². The zero-order valence-corrected chi connectivity index (χ0v) is 17.9. The van der Waals surface area contributed by atoms with E-state index in [4.69, 9.17) is 9.47 Å². The van der Waals surface area contributed by atoms with Crippen LogP contribution in [-0.4, -0.2) is 39.9 Å². The minimum absolute atomic E-state index is 0.0554. The molecule has 0 radical (unpaired) electrons. The molecule has 2 N–H and O–H groups in total. The maximum absolute atomic E-state index is 11.9. The van der Waals surface area contributed by atoms with E-state index in [1.807, 2.05) is 32.0 Å². The van der Waals surface area contributed by atoms with E-state index in [2.05, 4.69) is 37.1 Å². The molecular weight excluding hydrogens is 396 g/mol. The van der Waals surface area contributed by atoms with Crippen molar-refractivity contribution in [3.8, 4) is 11.8 Å². The summed E-state index contributed by atoms with van der Waals surface area (Å²) in [6.45, 7) is 7.43. The van der Waals surface area contributed by atoms with Gasteiger partial charge in [-0.15, -0.1) is 0 Å². The number of benzene rings is 1. The van der Waals surface area contributed by atoms with Crippen molar-refractivity contribution < 1.29 is 14.3 Å². The number of carbonyl (C=O) groups is 1. The molecule has 3 rings (SSSR count). The molecule has 0 spiro atoms. The van der Waals surface area contributed by atoms with E-state index in [0.717, 1.165) is 22.4 Å². The highest BCUT2D eigenvalue weighted by atomic mass is 16.5. The fourth-order valence-corrected chi connectivity index (χ4v) is 2.80. The number of anilines is 4. The van der Waals surface area contributed by atoms with Crippen LogP contribution in [-0.2, 0) is 11.2 Å². The second kappa shape index (κ2) is 9.66. The highest BCUT2D eigenvalue weighted by Crippen LogP contribution is 2.27. The smallest absolute Gasteiger partial charge is 0.318 e. The first kappa shape index (κ1) is 21.7. The molecule has 3 aromatic rings. The summed E-state index contributed by atoms with van der Waals surface area (Å²) < 4.78 is 10.4. The first-order chi connectivity index (χ1) is 14.9. The lowest BCUT2D eigenvalue weighted by Crippen LogP contribution is -2.07. The molecule has 2 heterocycles. The van der Waals surface area contributed by atoms with Gasteiger partial charge in [-0.3, -0.25) is 4.79 Å². The minimum atomic E-state index is -0.0554. The second-order valence-electron chi connectivity index (χ2n) is 6.76. The van der Waals surface area contributed by atoms with E-state index in [-0.39, 0.29) is 18.2 Å². The highest BCUT2D eigenvalue weighted by molar-refractivity contribution is 5.92. The largest absolute Gasteiger partial charge is 0.491 e. The first-order valence-electron chi connectivity index (χ1n) is 9.51. The number of hydrogen-bond donors (Lipinski definition) is 2. The Hall–Kier alpha value is -4.01. The number of nitrogens with zero attached hydrogens (tertiary/aromatic N) is 4. The summed E-state index contributed by atoms with van der Waals surface area (Å²) in [7, 11) is 3.00. The molecule has 0 aliphatic heterocycles. The Kier molecular flexibility index (Phi) is 6.76. The molecule has 2 aromatic heterocycles. The monoisotopic (exact) mass is 420 g/mol. The summed E-state index contributed by atoms with van der Waals surface area (Å²) >= 11 is 0. The van der Waals surface area contributed by atoms with Crippen molar-refractivity contribution in [1.82, 2.24) is 19.9 Å². The van der Waals surface area contributed by atoms with Crippen LogP contribution in [0, 0.1) is 13.8 Å². The standard InChI is InChI=1S/C22H24N6O3/c1-6-16(29)10-15-9-13(2)7-8-17(15)25-19-14(3)11-23-21(26-19)27-20-18(30-4)12-24-22(28-20)31-5/h6-9,11-12H,1,10H2,2-5H3,(H2,23,24,25,26,27,28). The van der Waals surface area contributed by atoms with Gasteiger partial charge in [-0.1, -0.05) is 24.3 Å². The minimum Gasteiger partial charge on any atom is -0.491 e. The number of aromatic nitrogens is 4. The summed E-state index contributed by atoms with van der Waals surface area (Å²) in [5.41, 5.74) is 3.54. The quantitative estimate of drug-likeness (QED) is 0.501. The van der Waals surface area contributed by atoms with Crippen LogP contribution in [0.15, 0.2) is 43.2 Å². The van der Waals surface area contributed by atoms with Crippen molar-refractivity contribution in [2.45, 2.75) is 20.3 Å². The van der Waals surface area contributed by atoms with Crippen molar-refractivity contribution in [3.63, 3.8) is 0 Å². The summed E-state index contributed by atoms with van der Waals surface area (Å²) in [5.74, 6) is 1.64. The zero-order chi connectivity index (χ0) is 22.4. The molecule has 0 fully saturated rings. The lowest BCUT2D eigenvalue weighted by Gasteiger charge is -2.15. The van der Waals surface area contributed by atoms with Crippen LogP contribution < -0.4 is 20.1 Å². The molecule has 0 saturated heterocycles. The van der Waals surface area contributed by atoms with Crippen molar-refractivity contribution in [2.75, 3.05) is 24.9 Å². The van der Waals surface area contributed by atoms with E-state index < -0.39 is 0 Å². The zero-order valence-electron chi connectivity index (χ0n) is 17.9. The van der Waals surface area contributed by atoms with Gasteiger partial charge in [-0.25, -0.2) is 4.98 Å². The fourth-order valence-electron chi connectivity index (χ4n) is 2.80. The van der Waals surface area contributed by atoms with Crippen LogP contribution in [0.5, 0.6) is 11.8 Å². The van der Waals surface area contributed by atoms with Crippen LogP contribution in [0.25, 0.3) is 0 Å². The number of allylic oxidation sites excluding steroid dienone is 1. The maximum atomic E-state index is 11.9. The number of ether oxygens (including phenoxy) is 2. The molecule has 1 aromatic carbocycles. The summed E-state index contributed by atoms with van der Waals surface area (Å²) in [6.07, 6.45) is 4.76. The number of rotatable bonds is 9. The third-order valence-electron chi connectivity index (χ3n) is 4.44. The molecule has 0 amide bonds. The van der Waals surface area contributed by atoms with Gasteiger partial charge in [-0.2, -0.15) is 15.0 Å². The molecule has 0 aliphatic carbocycles. The average Bonchev–Trinajstić information content (AvgIpc) is 2.77. The van der Waals surface area contributed by atoms with Crippen LogP contribution in [0.2, 0.25) is 0 Å². The van der Waals surface area contributed by atoms with E-state index in [1.165, 1.54) is 26.5 Å². The van der Waals surface area contributed by atoms with Crippen LogP contribution in [0.4, 0.5) is 23.3 Å². The van der Waals surface area contributed by atoms with Gasteiger partial charge in [0.05, 0.1) is 20.4 Å². The lowest BCUT2D eigenvalue weighted by molar-refractivity contribution is -0.114. The molecule has 0 saturated carbocycles. The predicted octanol–water partition coefficient (Wildman–Crippen LogP) is 3.69. The van der Waals surface area contributed by atoms with E-state index >= 15 is 0 Å². The van der Waals surface area contributed by atoms with E-state index in [1.54, 1.807) is 6.20 Å². The highest BCUT2D eigenvalue weighted by Gasteiger charge is 2.13.